The van der Waals surface area contributed by atoms with E-state index < -0.39 is 21.9 Å². The Morgan fingerprint density at radius 2 is 1.76 bits per heavy atom. The van der Waals surface area contributed by atoms with Gasteiger partial charge in [0.2, 0.25) is 0 Å². The molecule has 1 heterocycles. The molecule has 0 aliphatic rings. The predicted octanol–water partition coefficient (Wildman–Crippen LogP) is 1.42. The molecule has 2 rings (SSSR count). The van der Waals surface area contributed by atoms with Crippen molar-refractivity contribution < 1.29 is 4.92 Å². The zero-order valence-electron chi connectivity index (χ0n) is 12.0. The molecule has 0 amide bonds. The zero-order chi connectivity index (χ0) is 15.7. The fraction of sp³-hybridized carbons (Fsp3) is 0.286. The number of nitrogens with one attached hydrogen (secondary N) is 1. The van der Waals surface area contributed by atoms with Crippen molar-refractivity contribution in [1.82, 2.24) is 9.55 Å². The van der Waals surface area contributed by atoms with E-state index in [2.05, 4.69) is 0 Å². The summed E-state index contributed by atoms with van der Waals surface area (Å²) in [5, 5.41) is 10.8. The lowest BCUT2D eigenvalue weighted by Crippen LogP contribution is -2.31. The summed E-state index contributed by atoms with van der Waals surface area (Å²) >= 11 is 0. The number of aryl methyl sites for hydroxylation is 3. The summed E-state index contributed by atoms with van der Waals surface area (Å²) in [6.07, 6.45) is 0.986. The van der Waals surface area contributed by atoms with Crippen LogP contribution in [0.4, 0.5) is 5.69 Å². The van der Waals surface area contributed by atoms with E-state index in [-0.39, 0.29) is 6.54 Å². The number of rotatable bonds is 3. The molecule has 1 N–H and O–H groups in total. The SMILES string of the molecule is Cc1cc(C)c(Cn2cc([N+](=O)[O-])c(=O)[nH]c2=O)c(C)c1. The van der Waals surface area contributed by atoms with Crippen molar-refractivity contribution in [2.75, 3.05) is 0 Å². The Balaban J connectivity index is 2.55. The molecule has 21 heavy (non-hydrogen) atoms. The van der Waals surface area contributed by atoms with Gasteiger partial charge in [0, 0.05) is 0 Å². The average Bonchev–Trinajstić information content (AvgIpc) is 2.35. The minimum atomic E-state index is -0.987. The van der Waals surface area contributed by atoms with Crippen LogP contribution in [-0.4, -0.2) is 14.5 Å². The van der Waals surface area contributed by atoms with Gasteiger partial charge in [-0.05, 0) is 37.5 Å². The van der Waals surface area contributed by atoms with Crippen LogP contribution < -0.4 is 11.2 Å². The van der Waals surface area contributed by atoms with E-state index in [0.717, 1.165) is 33.0 Å². The smallest absolute Gasteiger partial charge is 0.289 e. The number of H-pyrrole nitrogens is 1. The van der Waals surface area contributed by atoms with Crippen molar-refractivity contribution in [3.05, 3.63) is 71.5 Å². The summed E-state index contributed by atoms with van der Waals surface area (Å²) in [7, 11) is 0. The Morgan fingerprint density at radius 3 is 2.29 bits per heavy atom. The van der Waals surface area contributed by atoms with Gasteiger partial charge in [0.05, 0.1) is 17.7 Å². The summed E-state index contributed by atoms with van der Waals surface area (Å²) in [4.78, 5) is 35.1. The molecule has 0 atom stereocenters. The topological polar surface area (TPSA) is 98.0 Å². The Hall–Kier alpha value is -2.70. The second-order valence-electron chi connectivity index (χ2n) is 5.04. The summed E-state index contributed by atoms with van der Waals surface area (Å²) in [5.74, 6) is 0. The number of aromatic amines is 1. The van der Waals surface area contributed by atoms with Crippen molar-refractivity contribution >= 4 is 5.69 Å². The van der Waals surface area contributed by atoms with Crippen molar-refractivity contribution in [1.29, 1.82) is 0 Å². The maximum absolute atomic E-state index is 11.8. The summed E-state index contributed by atoms with van der Waals surface area (Å²) in [6, 6.07) is 3.96. The Bertz CT molecular complexity index is 810. The van der Waals surface area contributed by atoms with Crippen molar-refractivity contribution in [3.63, 3.8) is 0 Å². The molecule has 0 bridgehead atoms. The zero-order valence-corrected chi connectivity index (χ0v) is 12.0. The average molecular weight is 289 g/mol. The van der Waals surface area contributed by atoms with Gasteiger partial charge in [-0.25, -0.2) is 4.79 Å². The van der Waals surface area contributed by atoms with Crippen LogP contribution >= 0.6 is 0 Å². The van der Waals surface area contributed by atoms with E-state index in [1.165, 1.54) is 0 Å². The largest absolute Gasteiger partial charge is 0.350 e. The highest BCUT2D eigenvalue weighted by Crippen LogP contribution is 2.17. The minimum Gasteiger partial charge on any atom is -0.289 e. The number of benzene rings is 1. The number of hydrogen-bond acceptors (Lipinski definition) is 4. The van der Waals surface area contributed by atoms with E-state index in [4.69, 9.17) is 0 Å². The van der Waals surface area contributed by atoms with Gasteiger partial charge in [0.1, 0.15) is 0 Å². The lowest BCUT2D eigenvalue weighted by Gasteiger charge is -2.12. The van der Waals surface area contributed by atoms with Gasteiger partial charge in [-0.2, -0.15) is 0 Å². The number of nitro groups is 1. The maximum Gasteiger partial charge on any atom is 0.350 e. The molecular formula is C14H15N3O4. The number of hydrogen-bond donors (Lipinski definition) is 1. The first-order chi connectivity index (χ1) is 9.79. The number of nitrogens with zero attached hydrogens (tertiary/aromatic N) is 2. The van der Waals surface area contributed by atoms with Crippen LogP contribution in [0.1, 0.15) is 22.3 Å². The molecule has 110 valence electrons. The van der Waals surface area contributed by atoms with Crippen molar-refractivity contribution in [3.8, 4) is 0 Å². The standard InChI is InChI=1S/C14H15N3O4/c1-8-4-9(2)11(10(3)5-8)6-16-7-12(17(20)21)13(18)15-14(16)19/h4-5,7H,6H2,1-3H3,(H,15,18,19). The van der Waals surface area contributed by atoms with E-state index >= 15 is 0 Å². The van der Waals surface area contributed by atoms with Crippen molar-refractivity contribution in [2.24, 2.45) is 0 Å². The molecule has 7 nitrogen and oxygen atoms in total. The van der Waals surface area contributed by atoms with Crippen molar-refractivity contribution in [2.45, 2.75) is 27.3 Å². The molecule has 7 heteroatoms. The fourth-order valence-electron chi connectivity index (χ4n) is 2.37. The van der Waals surface area contributed by atoms with E-state index in [1.807, 2.05) is 37.9 Å². The van der Waals surface area contributed by atoms with Crippen LogP contribution in [0.5, 0.6) is 0 Å². The first-order valence-electron chi connectivity index (χ1n) is 6.34. The molecule has 0 unspecified atom stereocenters. The molecule has 0 radical (unpaired) electrons. The second-order valence-corrected chi connectivity index (χ2v) is 5.04. The van der Waals surface area contributed by atoms with Crippen LogP contribution in [0.3, 0.4) is 0 Å². The lowest BCUT2D eigenvalue weighted by molar-refractivity contribution is -0.386. The summed E-state index contributed by atoms with van der Waals surface area (Å²) < 4.78 is 1.14. The first kappa shape index (κ1) is 14.7. The second kappa shape index (κ2) is 5.35. The number of aromatic nitrogens is 2. The quantitative estimate of drug-likeness (QED) is 0.682. The van der Waals surface area contributed by atoms with Gasteiger partial charge in [-0.3, -0.25) is 24.5 Å². The molecule has 0 aliphatic heterocycles. The van der Waals surface area contributed by atoms with Crippen LogP contribution in [0.15, 0.2) is 27.9 Å². The van der Waals surface area contributed by atoms with Gasteiger partial charge in [0.15, 0.2) is 0 Å². The van der Waals surface area contributed by atoms with Gasteiger partial charge < -0.3 is 0 Å². The van der Waals surface area contributed by atoms with Gasteiger partial charge >= 0.3 is 16.9 Å². The van der Waals surface area contributed by atoms with E-state index in [0.29, 0.717) is 0 Å². The van der Waals surface area contributed by atoms with Crippen LogP contribution in [0.25, 0.3) is 0 Å². The third-order valence-electron chi connectivity index (χ3n) is 3.36. The molecule has 0 aliphatic carbocycles. The summed E-state index contributed by atoms with van der Waals surface area (Å²) in [6.45, 7) is 5.98. The Labute approximate surface area is 120 Å². The van der Waals surface area contributed by atoms with Crippen LogP contribution in [0.2, 0.25) is 0 Å². The molecule has 0 fully saturated rings. The Kier molecular flexibility index (Phi) is 3.75. The molecular weight excluding hydrogens is 274 g/mol. The predicted molar refractivity (Wildman–Crippen MR) is 77.7 cm³/mol. The minimum absolute atomic E-state index is 0.175. The summed E-state index contributed by atoms with van der Waals surface area (Å²) in [5.41, 5.74) is 1.71. The highest BCUT2D eigenvalue weighted by atomic mass is 16.6. The van der Waals surface area contributed by atoms with E-state index in [1.54, 1.807) is 0 Å². The van der Waals surface area contributed by atoms with Gasteiger partial charge in [0.25, 0.3) is 0 Å². The third-order valence-corrected chi connectivity index (χ3v) is 3.36. The molecule has 1 aromatic carbocycles. The van der Waals surface area contributed by atoms with E-state index in [9.17, 15) is 19.7 Å². The third kappa shape index (κ3) is 2.91. The lowest BCUT2D eigenvalue weighted by atomic mass is 10.00. The molecule has 2 aromatic rings. The monoisotopic (exact) mass is 289 g/mol. The van der Waals surface area contributed by atoms with Crippen LogP contribution in [0, 0.1) is 30.9 Å². The molecule has 0 spiro atoms. The Morgan fingerprint density at radius 1 is 1.19 bits per heavy atom. The molecule has 0 saturated carbocycles. The van der Waals surface area contributed by atoms with Crippen LogP contribution in [-0.2, 0) is 6.54 Å². The maximum atomic E-state index is 11.8. The molecule has 0 saturated heterocycles. The normalized spacial score (nSPS) is 10.6. The first-order valence-corrected chi connectivity index (χ1v) is 6.34. The van der Waals surface area contributed by atoms with Gasteiger partial charge in [-0.1, -0.05) is 17.7 Å². The van der Waals surface area contributed by atoms with Gasteiger partial charge in [-0.15, -0.1) is 0 Å². The highest BCUT2D eigenvalue weighted by molar-refractivity contribution is 5.37. The highest BCUT2D eigenvalue weighted by Gasteiger charge is 2.15. The fourth-order valence-corrected chi connectivity index (χ4v) is 2.37. The molecule has 1 aromatic heterocycles.